The van der Waals surface area contributed by atoms with Crippen molar-refractivity contribution in [3.8, 4) is 0 Å². The quantitative estimate of drug-likeness (QED) is 0.426. The van der Waals surface area contributed by atoms with Gasteiger partial charge in [0, 0.05) is 13.0 Å². The van der Waals surface area contributed by atoms with Crippen LogP contribution in [0.2, 0.25) is 0 Å². The minimum atomic E-state index is -0.545. The second-order valence-electron chi connectivity index (χ2n) is 8.05. The fourth-order valence-corrected chi connectivity index (χ4v) is 2.52. The molecular weight excluding hydrogens is 336 g/mol. The molecule has 0 aliphatic rings. The van der Waals surface area contributed by atoms with E-state index in [0.29, 0.717) is 38.1 Å². The lowest BCUT2D eigenvalue weighted by Crippen LogP contribution is -2.35. The number of nitrogens with one attached hydrogen (secondary N) is 1. The van der Waals surface area contributed by atoms with Crippen molar-refractivity contribution in [2.75, 3.05) is 13.7 Å². The number of rotatable bonds is 11. The second-order valence-corrected chi connectivity index (χ2v) is 8.05. The monoisotopic (exact) mass is 372 g/mol. The van der Waals surface area contributed by atoms with Crippen molar-refractivity contribution in [2.45, 2.75) is 78.4 Å². The molecule has 26 heavy (non-hydrogen) atoms. The first-order valence-corrected chi connectivity index (χ1v) is 9.29. The van der Waals surface area contributed by atoms with Gasteiger partial charge in [0.25, 0.3) is 0 Å². The number of ketones is 1. The Balaban J connectivity index is 4.29. The molecule has 0 unspecified atom stereocenters. The maximum atomic E-state index is 12.2. The topological polar surface area (TPSA) is 108 Å². The first-order chi connectivity index (χ1) is 12.0. The molecule has 0 saturated heterocycles. The molecule has 0 spiro atoms. The summed E-state index contributed by atoms with van der Waals surface area (Å²) in [7, 11) is 1.32. The smallest absolute Gasteiger partial charge is 0.407 e. The van der Waals surface area contributed by atoms with Crippen LogP contribution in [-0.2, 0) is 19.1 Å². The van der Waals surface area contributed by atoms with Crippen LogP contribution in [0.5, 0.6) is 0 Å². The van der Waals surface area contributed by atoms with Gasteiger partial charge in [-0.25, -0.2) is 4.79 Å². The van der Waals surface area contributed by atoms with Crippen molar-refractivity contribution < 1.29 is 23.9 Å². The molecule has 0 aliphatic carbocycles. The van der Waals surface area contributed by atoms with Crippen LogP contribution < -0.4 is 11.1 Å². The van der Waals surface area contributed by atoms with Crippen LogP contribution in [0.25, 0.3) is 0 Å². The molecule has 0 saturated carbocycles. The van der Waals surface area contributed by atoms with E-state index in [4.69, 9.17) is 15.2 Å². The number of hydrogen-bond acceptors (Lipinski definition) is 6. The molecular formula is C19H36N2O5. The first kappa shape index (κ1) is 24.4. The highest BCUT2D eigenvalue weighted by molar-refractivity contribution is 5.88. The van der Waals surface area contributed by atoms with Crippen LogP contribution in [0.1, 0.15) is 66.7 Å². The number of carbonyl (C=O) groups is 3. The third-order valence-electron chi connectivity index (χ3n) is 3.77. The van der Waals surface area contributed by atoms with Gasteiger partial charge in [-0.15, -0.1) is 0 Å². The Morgan fingerprint density at radius 3 is 2.23 bits per heavy atom. The molecule has 0 aliphatic heterocycles. The van der Waals surface area contributed by atoms with Crippen molar-refractivity contribution >= 4 is 17.8 Å². The molecule has 0 heterocycles. The normalized spacial score (nSPS) is 13.8. The zero-order chi connectivity index (χ0) is 20.3. The fourth-order valence-electron chi connectivity index (χ4n) is 2.52. The Morgan fingerprint density at radius 2 is 1.73 bits per heavy atom. The number of alkyl carbamates (subject to hydrolysis) is 1. The van der Waals surface area contributed by atoms with Gasteiger partial charge in [0.05, 0.1) is 19.1 Å². The van der Waals surface area contributed by atoms with Crippen LogP contribution >= 0.6 is 0 Å². The van der Waals surface area contributed by atoms with Crippen molar-refractivity contribution in [3.63, 3.8) is 0 Å². The largest absolute Gasteiger partial charge is 0.469 e. The highest BCUT2D eigenvalue weighted by Crippen LogP contribution is 2.17. The summed E-state index contributed by atoms with van der Waals surface area (Å²) < 4.78 is 9.95. The molecule has 0 fully saturated rings. The lowest BCUT2D eigenvalue weighted by atomic mass is 9.91. The molecule has 0 aromatic carbocycles. The summed E-state index contributed by atoms with van der Waals surface area (Å²) >= 11 is 0. The molecule has 0 rings (SSSR count). The van der Waals surface area contributed by atoms with Crippen molar-refractivity contribution in [1.82, 2.24) is 5.32 Å². The summed E-state index contributed by atoms with van der Waals surface area (Å²) in [4.78, 5) is 35.7. The number of hydrogen-bond donors (Lipinski definition) is 2. The molecule has 152 valence electrons. The molecule has 3 N–H and O–H groups in total. The summed E-state index contributed by atoms with van der Waals surface area (Å²) in [6, 6.07) is -0.545. The Hall–Kier alpha value is -1.63. The molecule has 2 atom stereocenters. The van der Waals surface area contributed by atoms with Gasteiger partial charge >= 0.3 is 12.1 Å². The number of methoxy groups -OCH3 is 1. The number of unbranched alkanes of at least 4 members (excludes halogenated alkanes) is 1. The van der Waals surface area contributed by atoms with Gasteiger partial charge in [0.2, 0.25) is 0 Å². The number of carbonyl (C=O) groups excluding carboxylic acids is 3. The predicted octanol–water partition coefficient (Wildman–Crippen LogP) is 2.80. The highest BCUT2D eigenvalue weighted by Gasteiger charge is 2.25. The van der Waals surface area contributed by atoms with Crippen LogP contribution in [0.4, 0.5) is 4.79 Å². The van der Waals surface area contributed by atoms with E-state index in [1.54, 1.807) is 20.8 Å². The summed E-state index contributed by atoms with van der Waals surface area (Å²) in [5.74, 6) is -0.673. The average molecular weight is 373 g/mol. The molecule has 0 aromatic heterocycles. The average Bonchev–Trinajstić information content (AvgIpc) is 2.49. The van der Waals surface area contributed by atoms with Crippen molar-refractivity contribution in [1.29, 1.82) is 0 Å². The van der Waals surface area contributed by atoms with Crippen LogP contribution in [0, 0.1) is 11.8 Å². The van der Waals surface area contributed by atoms with E-state index in [0.717, 1.165) is 0 Å². The zero-order valence-corrected chi connectivity index (χ0v) is 17.1. The van der Waals surface area contributed by atoms with Gasteiger partial charge in [0.1, 0.15) is 11.4 Å². The fraction of sp³-hybridized carbons (Fsp3) is 0.842. The molecule has 1 amide bonds. The summed E-state index contributed by atoms with van der Waals surface area (Å²) in [5, 5.41) is 2.67. The molecule has 7 nitrogen and oxygen atoms in total. The SMILES string of the molecule is COC(=O)[C@@H](CCCCNC(=O)OC(C)(C)C)CC(=O)[C@H](N)CC(C)C. The number of esters is 1. The van der Waals surface area contributed by atoms with Gasteiger partial charge in [-0.3, -0.25) is 9.59 Å². The van der Waals surface area contributed by atoms with Gasteiger partial charge < -0.3 is 20.5 Å². The molecule has 0 bridgehead atoms. The van der Waals surface area contributed by atoms with Crippen molar-refractivity contribution in [2.24, 2.45) is 17.6 Å². The number of ether oxygens (including phenoxy) is 2. The molecule has 0 aromatic rings. The van der Waals surface area contributed by atoms with E-state index in [2.05, 4.69) is 5.32 Å². The maximum absolute atomic E-state index is 12.2. The number of Topliss-reactive ketones (excluding diaryl/α,β-unsaturated/α-hetero) is 1. The summed E-state index contributed by atoms with van der Waals surface area (Å²) in [6.45, 7) is 9.85. The summed E-state index contributed by atoms with van der Waals surface area (Å²) in [5.41, 5.74) is 5.37. The standard InChI is InChI=1S/C19H36N2O5/c1-13(2)11-15(20)16(22)12-14(17(23)25-6)9-7-8-10-21-18(24)26-19(3,4)5/h13-15H,7-12,20H2,1-6H3,(H,21,24)/t14-,15+/m0/s1. The lowest BCUT2D eigenvalue weighted by Gasteiger charge is -2.20. The third kappa shape index (κ3) is 11.8. The zero-order valence-electron chi connectivity index (χ0n) is 17.1. The van der Waals surface area contributed by atoms with Gasteiger partial charge in [-0.2, -0.15) is 0 Å². The summed E-state index contributed by atoms with van der Waals surface area (Å²) in [6.07, 6.45) is 2.12. The van der Waals surface area contributed by atoms with Gasteiger partial charge in [0.15, 0.2) is 0 Å². The maximum Gasteiger partial charge on any atom is 0.407 e. The Kier molecular flexibility index (Phi) is 11.1. The van der Waals surface area contributed by atoms with Gasteiger partial charge in [-0.1, -0.05) is 20.3 Å². The third-order valence-corrected chi connectivity index (χ3v) is 3.77. The Morgan fingerprint density at radius 1 is 1.12 bits per heavy atom. The van der Waals surface area contributed by atoms with Crippen LogP contribution in [0.3, 0.4) is 0 Å². The van der Waals surface area contributed by atoms with Crippen LogP contribution in [-0.4, -0.2) is 43.1 Å². The lowest BCUT2D eigenvalue weighted by molar-refractivity contribution is -0.147. The minimum absolute atomic E-state index is 0.0973. The van der Waals surface area contributed by atoms with Crippen molar-refractivity contribution in [3.05, 3.63) is 0 Å². The minimum Gasteiger partial charge on any atom is -0.469 e. The molecule has 7 heteroatoms. The van der Waals surface area contributed by atoms with Gasteiger partial charge in [-0.05, 0) is 46.0 Å². The second kappa shape index (κ2) is 11.9. The van der Waals surface area contributed by atoms with E-state index in [-0.39, 0.29) is 12.2 Å². The Labute approximate surface area is 157 Å². The van der Waals surface area contributed by atoms with E-state index >= 15 is 0 Å². The van der Waals surface area contributed by atoms with E-state index in [1.807, 2.05) is 13.8 Å². The Bertz CT molecular complexity index is 457. The predicted molar refractivity (Wildman–Crippen MR) is 101 cm³/mol. The molecule has 0 radical (unpaired) electrons. The number of amides is 1. The number of nitrogens with two attached hydrogens (primary N) is 1. The highest BCUT2D eigenvalue weighted by atomic mass is 16.6. The first-order valence-electron chi connectivity index (χ1n) is 9.29. The van der Waals surface area contributed by atoms with E-state index in [1.165, 1.54) is 7.11 Å². The van der Waals surface area contributed by atoms with E-state index < -0.39 is 29.6 Å². The van der Waals surface area contributed by atoms with E-state index in [9.17, 15) is 14.4 Å². The van der Waals surface area contributed by atoms with Crippen LogP contribution in [0.15, 0.2) is 0 Å².